The summed E-state index contributed by atoms with van der Waals surface area (Å²) in [6, 6.07) is 8.45. The first-order chi connectivity index (χ1) is 10.2. The molecule has 0 aliphatic heterocycles. The molecule has 7 heteroatoms. The average molecular weight is 289 g/mol. The fourth-order valence-corrected chi connectivity index (χ4v) is 1.83. The van der Waals surface area contributed by atoms with E-state index in [1.165, 1.54) is 11.1 Å². The first kappa shape index (κ1) is 15.0. The van der Waals surface area contributed by atoms with Gasteiger partial charge in [0.1, 0.15) is 0 Å². The van der Waals surface area contributed by atoms with Gasteiger partial charge in [0.05, 0.1) is 0 Å². The van der Waals surface area contributed by atoms with Crippen LogP contribution in [0.15, 0.2) is 28.9 Å². The lowest BCUT2D eigenvalue weighted by atomic mass is 10.1. The standard InChI is InChI=1S/C14H19N5O2/c1-2-10-3-5-11(6-4-10)9-16-7-8-17-14(20)12-13(15)19-21-18-12/h3-6,16H,2,7-9H2,1H3,(H2,15,19)(H,17,20). The van der Waals surface area contributed by atoms with Crippen molar-refractivity contribution < 1.29 is 9.42 Å². The quantitative estimate of drug-likeness (QED) is 0.649. The smallest absolute Gasteiger partial charge is 0.277 e. The molecule has 0 spiro atoms. The van der Waals surface area contributed by atoms with E-state index in [9.17, 15) is 4.79 Å². The molecule has 0 radical (unpaired) electrons. The number of amides is 1. The van der Waals surface area contributed by atoms with Crippen molar-refractivity contribution in [2.24, 2.45) is 0 Å². The van der Waals surface area contributed by atoms with E-state index in [-0.39, 0.29) is 17.4 Å². The Morgan fingerprint density at radius 2 is 1.90 bits per heavy atom. The Kier molecular flexibility index (Phi) is 5.28. The summed E-state index contributed by atoms with van der Waals surface area (Å²) in [4.78, 5) is 11.6. The number of benzene rings is 1. The van der Waals surface area contributed by atoms with Crippen molar-refractivity contribution in [3.63, 3.8) is 0 Å². The molecule has 0 saturated heterocycles. The van der Waals surface area contributed by atoms with E-state index in [1.807, 2.05) is 0 Å². The summed E-state index contributed by atoms with van der Waals surface area (Å²) in [5, 5.41) is 12.7. The molecule has 1 heterocycles. The number of rotatable bonds is 7. The molecule has 1 aromatic carbocycles. The van der Waals surface area contributed by atoms with Crippen LogP contribution in [0.2, 0.25) is 0 Å². The molecule has 1 aromatic heterocycles. The van der Waals surface area contributed by atoms with E-state index in [2.05, 4.69) is 56.8 Å². The molecule has 2 rings (SSSR count). The highest BCUT2D eigenvalue weighted by Crippen LogP contribution is 2.04. The Hall–Kier alpha value is -2.41. The molecule has 21 heavy (non-hydrogen) atoms. The molecule has 0 unspecified atom stereocenters. The van der Waals surface area contributed by atoms with Gasteiger partial charge in [-0.1, -0.05) is 31.2 Å². The second-order valence-electron chi connectivity index (χ2n) is 4.60. The topological polar surface area (TPSA) is 106 Å². The number of hydrogen-bond acceptors (Lipinski definition) is 6. The van der Waals surface area contributed by atoms with Gasteiger partial charge in [0.15, 0.2) is 0 Å². The van der Waals surface area contributed by atoms with E-state index < -0.39 is 0 Å². The minimum absolute atomic E-state index is 0.00327. The number of carbonyl (C=O) groups is 1. The number of nitrogen functional groups attached to an aromatic ring is 1. The number of nitrogens with zero attached hydrogens (tertiary/aromatic N) is 2. The molecule has 2 aromatic rings. The zero-order valence-electron chi connectivity index (χ0n) is 11.9. The van der Waals surface area contributed by atoms with E-state index in [0.29, 0.717) is 13.1 Å². The average Bonchev–Trinajstić information content (AvgIpc) is 2.93. The number of aromatic nitrogens is 2. The minimum atomic E-state index is -0.386. The second kappa shape index (κ2) is 7.39. The second-order valence-corrected chi connectivity index (χ2v) is 4.60. The first-order valence-electron chi connectivity index (χ1n) is 6.85. The number of anilines is 1. The summed E-state index contributed by atoms with van der Waals surface area (Å²) >= 11 is 0. The highest BCUT2D eigenvalue weighted by molar-refractivity contribution is 5.95. The van der Waals surface area contributed by atoms with Crippen LogP contribution >= 0.6 is 0 Å². The summed E-state index contributed by atoms with van der Waals surface area (Å²) in [7, 11) is 0. The van der Waals surface area contributed by atoms with Gasteiger partial charge < -0.3 is 16.4 Å². The number of nitrogens with one attached hydrogen (secondary N) is 2. The maximum absolute atomic E-state index is 11.6. The van der Waals surface area contributed by atoms with Crippen LogP contribution in [-0.4, -0.2) is 29.3 Å². The van der Waals surface area contributed by atoms with Crippen LogP contribution < -0.4 is 16.4 Å². The fourth-order valence-electron chi connectivity index (χ4n) is 1.83. The lowest BCUT2D eigenvalue weighted by Crippen LogP contribution is -2.32. The Bertz CT molecular complexity index is 579. The Balaban J connectivity index is 1.65. The number of hydrogen-bond donors (Lipinski definition) is 3. The molecular weight excluding hydrogens is 270 g/mol. The molecule has 112 valence electrons. The van der Waals surface area contributed by atoms with Crippen LogP contribution in [0.4, 0.5) is 5.82 Å². The lowest BCUT2D eigenvalue weighted by Gasteiger charge is -2.06. The largest absolute Gasteiger partial charge is 0.379 e. The van der Waals surface area contributed by atoms with Crippen molar-refractivity contribution in [1.29, 1.82) is 0 Å². The van der Waals surface area contributed by atoms with Gasteiger partial charge in [-0.15, -0.1) is 0 Å². The first-order valence-corrected chi connectivity index (χ1v) is 6.85. The van der Waals surface area contributed by atoms with Gasteiger partial charge in [-0.25, -0.2) is 4.63 Å². The zero-order valence-corrected chi connectivity index (χ0v) is 11.9. The van der Waals surface area contributed by atoms with Gasteiger partial charge in [0.25, 0.3) is 5.91 Å². The number of nitrogens with two attached hydrogens (primary N) is 1. The number of carbonyl (C=O) groups excluding carboxylic acids is 1. The van der Waals surface area contributed by atoms with Gasteiger partial charge in [-0.3, -0.25) is 4.79 Å². The molecule has 0 atom stereocenters. The molecular formula is C14H19N5O2. The Labute approximate surface area is 122 Å². The van der Waals surface area contributed by atoms with Gasteiger partial charge in [0, 0.05) is 19.6 Å². The van der Waals surface area contributed by atoms with E-state index in [4.69, 9.17) is 5.73 Å². The molecule has 0 aliphatic rings. The predicted octanol–water partition coefficient (Wildman–Crippen LogP) is 0.734. The molecule has 4 N–H and O–H groups in total. The van der Waals surface area contributed by atoms with Gasteiger partial charge >= 0.3 is 0 Å². The third-order valence-corrected chi connectivity index (χ3v) is 3.08. The van der Waals surface area contributed by atoms with Crippen molar-refractivity contribution in [2.45, 2.75) is 19.9 Å². The van der Waals surface area contributed by atoms with Crippen LogP contribution in [0, 0.1) is 0 Å². The molecule has 0 fully saturated rings. The molecule has 0 aliphatic carbocycles. The monoisotopic (exact) mass is 289 g/mol. The SMILES string of the molecule is CCc1ccc(CNCCNC(=O)c2nonc2N)cc1. The fraction of sp³-hybridized carbons (Fsp3) is 0.357. The van der Waals surface area contributed by atoms with E-state index >= 15 is 0 Å². The van der Waals surface area contributed by atoms with Crippen LogP contribution in [0.3, 0.4) is 0 Å². The highest BCUT2D eigenvalue weighted by Gasteiger charge is 2.14. The predicted molar refractivity (Wildman–Crippen MR) is 78.6 cm³/mol. The lowest BCUT2D eigenvalue weighted by molar-refractivity contribution is 0.0944. The third-order valence-electron chi connectivity index (χ3n) is 3.08. The molecule has 0 bridgehead atoms. The summed E-state index contributed by atoms with van der Waals surface area (Å²) in [5.74, 6) is -0.390. The normalized spacial score (nSPS) is 10.5. The van der Waals surface area contributed by atoms with Gasteiger partial charge in [-0.2, -0.15) is 0 Å². The van der Waals surface area contributed by atoms with Gasteiger partial charge in [-0.05, 0) is 27.9 Å². The van der Waals surface area contributed by atoms with Crippen LogP contribution in [0.5, 0.6) is 0 Å². The molecule has 0 saturated carbocycles. The number of aryl methyl sites for hydroxylation is 1. The maximum atomic E-state index is 11.6. The minimum Gasteiger partial charge on any atom is -0.379 e. The van der Waals surface area contributed by atoms with Crippen molar-refractivity contribution in [3.8, 4) is 0 Å². The van der Waals surface area contributed by atoms with E-state index in [0.717, 1.165) is 13.0 Å². The van der Waals surface area contributed by atoms with Crippen LogP contribution in [-0.2, 0) is 13.0 Å². The van der Waals surface area contributed by atoms with E-state index in [1.54, 1.807) is 0 Å². The summed E-state index contributed by atoms with van der Waals surface area (Å²) in [6.45, 7) is 4.01. The van der Waals surface area contributed by atoms with Crippen molar-refractivity contribution in [3.05, 3.63) is 41.1 Å². The van der Waals surface area contributed by atoms with Gasteiger partial charge in [0.2, 0.25) is 11.5 Å². The zero-order chi connectivity index (χ0) is 15.1. The summed E-state index contributed by atoms with van der Waals surface area (Å²) < 4.78 is 4.37. The van der Waals surface area contributed by atoms with Crippen LogP contribution in [0.1, 0.15) is 28.5 Å². The molecule has 7 nitrogen and oxygen atoms in total. The maximum Gasteiger partial charge on any atom is 0.277 e. The van der Waals surface area contributed by atoms with Crippen molar-refractivity contribution >= 4 is 11.7 Å². The highest BCUT2D eigenvalue weighted by atomic mass is 16.6. The molecule has 1 amide bonds. The Morgan fingerprint density at radius 1 is 1.19 bits per heavy atom. The van der Waals surface area contributed by atoms with Crippen LogP contribution in [0.25, 0.3) is 0 Å². The summed E-state index contributed by atoms with van der Waals surface area (Å²) in [5.41, 5.74) is 7.98. The third kappa shape index (κ3) is 4.28. The Morgan fingerprint density at radius 3 is 2.52 bits per heavy atom. The van der Waals surface area contributed by atoms with Crippen molar-refractivity contribution in [2.75, 3.05) is 18.8 Å². The van der Waals surface area contributed by atoms with Crippen molar-refractivity contribution in [1.82, 2.24) is 20.9 Å². The summed E-state index contributed by atoms with van der Waals surface area (Å²) in [6.07, 6.45) is 1.04.